The number of rotatable bonds is 2. The molecule has 1 aliphatic heterocycles. The van der Waals surface area contributed by atoms with Crippen molar-refractivity contribution in [3.63, 3.8) is 0 Å². The van der Waals surface area contributed by atoms with Crippen molar-refractivity contribution >= 4 is 34.1 Å². The van der Waals surface area contributed by atoms with E-state index in [9.17, 15) is 4.79 Å². The Morgan fingerprint density at radius 2 is 1.96 bits per heavy atom. The van der Waals surface area contributed by atoms with Crippen molar-refractivity contribution in [2.24, 2.45) is 0 Å². The van der Waals surface area contributed by atoms with Gasteiger partial charge in [0.05, 0.1) is 5.52 Å². The third kappa shape index (κ3) is 3.42. The summed E-state index contributed by atoms with van der Waals surface area (Å²) in [5.74, 6) is 0.0519. The van der Waals surface area contributed by atoms with E-state index in [1.807, 2.05) is 26.0 Å². The van der Waals surface area contributed by atoms with E-state index >= 15 is 0 Å². The van der Waals surface area contributed by atoms with Gasteiger partial charge in [-0.1, -0.05) is 11.6 Å². The van der Waals surface area contributed by atoms with Crippen LogP contribution >= 0.6 is 11.6 Å². The zero-order valence-electron chi connectivity index (χ0n) is 13.8. The summed E-state index contributed by atoms with van der Waals surface area (Å²) in [6, 6.07) is 6.38. The Bertz CT molecular complexity index is 752. The average Bonchev–Trinajstić information content (AvgIpc) is 2.48. The molecule has 5 heteroatoms. The van der Waals surface area contributed by atoms with Gasteiger partial charge in [-0.3, -0.25) is 9.78 Å². The molecule has 1 aromatic carbocycles. The van der Waals surface area contributed by atoms with Crippen LogP contribution in [0.5, 0.6) is 0 Å². The van der Waals surface area contributed by atoms with Gasteiger partial charge in [-0.25, -0.2) is 0 Å². The Labute approximate surface area is 141 Å². The Morgan fingerprint density at radius 3 is 2.61 bits per heavy atom. The second kappa shape index (κ2) is 6.36. The lowest BCUT2D eigenvalue weighted by molar-refractivity contribution is -0.119. The van der Waals surface area contributed by atoms with Gasteiger partial charge < -0.3 is 10.2 Å². The summed E-state index contributed by atoms with van der Waals surface area (Å²) in [4.78, 5) is 18.3. The van der Waals surface area contributed by atoms with Gasteiger partial charge in [0.15, 0.2) is 0 Å². The minimum absolute atomic E-state index is 0.0519. The summed E-state index contributed by atoms with van der Waals surface area (Å²) in [5.41, 5.74) is 4.33. The van der Waals surface area contributed by atoms with E-state index in [4.69, 9.17) is 11.6 Å². The number of halogens is 1. The Balaban J connectivity index is 1.93. The van der Waals surface area contributed by atoms with Crippen molar-refractivity contribution in [2.45, 2.75) is 39.7 Å². The number of fused-ring (bicyclic) bond motifs is 1. The van der Waals surface area contributed by atoms with Crippen molar-refractivity contribution in [3.8, 4) is 0 Å². The zero-order chi connectivity index (χ0) is 16.6. The van der Waals surface area contributed by atoms with Gasteiger partial charge in [0.1, 0.15) is 0 Å². The molecule has 2 heterocycles. The monoisotopic (exact) mass is 331 g/mol. The molecule has 1 saturated heterocycles. The molecule has 0 bridgehead atoms. The van der Waals surface area contributed by atoms with Crippen LogP contribution in [0.3, 0.4) is 0 Å². The number of piperidine rings is 1. The van der Waals surface area contributed by atoms with Gasteiger partial charge in [-0.2, -0.15) is 0 Å². The standard InChI is InChI=1S/C18H22ClN3O/c1-11-8-14(19)10-16-17(9-12(2)20-18(11)16)22-6-4-15(5-7-22)21-13(3)23/h8-10,15H,4-7H2,1-3H3,(H,21,23). The minimum atomic E-state index is 0.0519. The van der Waals surface area contributed by atoms with Gasteiger partial charge in [0.25, 0.3) is 0 Å². The number of hydrogen-bond donors (Lipinski definition) is 1. The fourth-order valence-electron chi connectivity index (χ4n) is 3.38. The molecule has 1 amide bonds. The number of aryl methyl sites for hydroxylation is 2. The average molecular weight is 332 g/mol. The summed E-state index contributed by atoms with van der Waals surface area (Å²) in [6.07, 6.45) is 1.92. The first-order valence-corrected chi connectivity index (χ1v) is 8.41. The maximum Gasteiger partial charge on any atom is 0.217 e. The van der Waals surface area contributed by atoms with Crippen LogP contribution in [0.25, 0.3) is 10.9 Å². The maximum atomic E-state index is 11.2. The largest absolute Gasteiger partial charge is 0.371 e. The van der Waals surface area contributed by atoms with E-state index < -0.39 is 0 Å². The van der Waals surface area contributed by atoms with Crippen molar-refractivity contribution in [1.82, 2.24) is 10.3 Å². The summed E-state index contributed by atoms with van der Waals surface area (Å²) >= 11 is 6.26. The van der Waals surface area contributed by atoms with Gasteiger partial charge in [0, 0.05) is 47.8 Å². The number of carbonyl (C=O) groups excluding carboxylic acids is 1. The van der Waals surface area contributed by atoms with Crippen LogP contribution in [0, 0.1) is 13.8 Å². The van der Waals surface area contributed by atoms with Crippen molar-refractivity contribution in [3.05, 3.63) is 34.5 Å². The fraction of sp³-hybridized carbons (Fsp3) is 0.444. The van der Waals surface area contributed by atoms with E-state index in [1.165, 1.54) is 5.69 Å². The van der Waals surface area contributed by atoms with Gasteiger partial charge >= 0.3 is 0 Å². The van der Waals surface area contributed by atoms with Crippen LogP contribution < -0.4 is 10.2 Å². The van der Waals surface area contributed by atoms with E-state index in [-0.39, 0.29) is 11.9 Å². The van der Waals surface area contributed by atoms with Crippen LogP contribution in [0.15, 0.2) is 18.2 Å². The zero-order valence-corrected chi connectivity index (χ0v) is 14.6. The smallest absolute Gasteiger partial charge is 0.217 e. The van der Waals surface area contributed by atoms with Crippen molar-refractivity contribution in [2.75, 3.05) is 18.0 Å². The summed E-state index contributed by atoms with van der Waals surface area (Å²) in [7, 11) is 0. The molecule has 122 valence electrons. The predicted molar refractivity (Wildman–Crippen MR) is 95.3 cm³/mol. The highest BCUT2D eigenvalue weighted by atomic mass is 35.5. The number of aromatic nitrogens is 1. The number of pyridine rings is 1. The van der Waals surface area contributed by atoms with Gasteiger partial charge in [-0.15, -0.1) is 0 Å². The second-order valence-corrected chi connectivity index (χ2v) is 6.80. The van der Waals surface area contributed by atoms with E-state index in [2.05, 4.69) is 21.3 Å². The number of amides is 1. The van der Waals surface area contributed by atoms with Gasteiger partial charge in [-0.05, 0) is 50.5 Å². The topological polar surface area (TPSA) is 45.2 Å². The Hall–Kier alpha value is -1.81. The number of carbonyl (C=O) groups is 1. The normalized spacial score (nSPS) is 15.9. The molecular formula is C18H22ClN3O. The predicted octanol–water partition coefficient (Wildman–Crippen LogP) is 3.61. The molecule has 23 heavy (non-hydrogen) atoms. The fourth-order valence-corrected chi connectivity index (χ4v) is 3.65. The van der Waals surface area contributed by atoms with Crippen LogP contribution in [0.2, 0.25) is 5.02 Å². The van der Waals surface area contributed by atoms with Crippen LogP contribution in [0.4, 0.5) is 5.69 Å². The molecule has 1 N–H and O–H groups in total. The lowest BCUT2D eigenvalue weighted by atomic mass is 10.0. The number of nitrogens with one attached hydrogen (secondary N) is 1. The third-order valence-electron chi connectivity index (χ3n) is 4.42. The molecule has 0 spiro atoms. The molecule has 0 saturated carbocycles. The van der Waals surface area contributed by atoms with Crippen LogP contribution in [-0.2, 0) is 4.79 Å². The molecule has 4 nitrogen and oxygen atoms in total. The third-order valence-corrected chi connectivity index (χ3v) is 4.64. The summed E-state index contributed by atoms with van der Waals surface area (Å²) < 4.78 is 0. The molecule has 0 atom stereocenters. The second-order valence-electron chi connectivity index (χ2n) is 6.36. The quantitative estimate of drug-likeness (QED) is 0.914. The number of anilines is 1. The Kier molecular flexibility index (Phi) is 4.44. The molecular weight excluding hydrogens is 310 g/mol. The lowest BCUT2D eigenvalue weighted by Crippen LogP contribution is -2.44. The van der Waals surface area contributed by atoms with E-state index in [0.717, 1.165) is 53.1 Å². The first-order chi connectivity index (χ1) is 10.9. The van der Waals surface area contributed by atoms with Crippen molar-refractivity contribution < 1.29 is 4.79 Å². The SMILES string of the molecule is CC(=O)NC1CCN(c2cc(C)nc3c(C)cc(Cl)cc23)CC1. The molecule has 1 aliphatic rings. The first-order valence-electron chi connectivity index (χ1n) is 8.03. The number of benzene rings is 1. The number of hydrogen-bond acceptors (Lipinski definition) is 3. The van der Waals surface area contributed by atoms with Crippen LogP contribution in [-0.4, -0.2) is 30.0 Å². The van der Waals surface area contributed by atoms with E-state index in [1.54, 1.807) is 6.92 Å². The van der Waals surface area contributed by atoms with Crippen molar-refractivity contribution in [1.29, 1.82) is 0 Å². The lowest BCUT2D eigenvalue weighted by Gasteiger charge is -2.34. The molecule has 0 radical (unpaired) electrons. The maximum absolute atomic E-state index is 11.2. The highest BCUT2D eigenvalue weighted by Gasteiger charge is 2.22. The molecule has 1 aromatic heterocycles. The number of nitrogens with zero attached hydrogens (tertiary/aromatic N) is 2. The van der Waals surface area contributed by atoms with E-state index in [0.29, 0.717) is 0 Å². The highest BCUT2D eigenvalue weighted by Crippen LogP contribution is 2.32. The molecule has 2 aromatic rings. The molecule has 3 rings (SSSR count). The molecule has 0 aliphatic carbocycles. The summed E-state index contributed by atoms with van der Waals surface area (Å²) in [6.45, 7) is 7.51. The first kappa shape index (κ1) is 16.1. The molecule has 0 unspecified atom stereocenters. The molecule has 1 fully saturated rings. The Morgan fingerprint density at radius 1 is 1.26 bits per heavy atom. The summed E-state index contributed by atoms with van der Waals surface area (Å²) in [5, 5.41) is 4.88. The van der Waals surface area contributed by atoms with Crippen LogP contribution in [0.1, 0.15) is 31.0 Å². The van der Waals surface area contributed by atoms with Gasteiger partial charge in [0.2, 0.25) is 5.91 Å². The minimum Gasteiger partial charge on any atom is -0.371 e. The highest BCUT2D eigenvalue weighted by molar-refractivity contribution is 6.31.